The molecule has 0 aliphatic carbocycles. The van der Waals surface area contributed by atoms with Crippen molar-refractivity contribution in [2.24, 2.45) is 5.73 Å². The molecule has 1 aromatic heterocycles. The predicted octanol–water partition coefficient (Wildman–Crippen LogP) is -3.37. The number of rotatable bonds is 26. The maximum Gasteiger partial charge on any atom is 0.328 e. The van der Waals surface area contributed by atoms with E-state index in [1.165, 1.54) is 24.3 Å². The van der Waals surface area contributed by atoms with Gasteiger partial charge in [0.15, 0.2) is 6.04 Å². The molecule has 3 aromatic carbocycles. The van der Waals surface area contributed by atoms with Crippen LogP contribution in [-0.2, 0) is 76.8 Å². The zero-order chi connectivity index (χ0) is 73.0. The fourth-order valence-corrected chi connectivity index (χ4v) is 13.4. The van der Waals surface area contributed by atoms with Crippen LogP contribution in [-0.4, -0.2) is 289 Å². The molecule has 3 heterocycles. The van der Waals surface area contributed by atoms with Crippen LogP contribution in [0.2, 0.25) is 0 Å². The summed E-state index contributed by atoms with van der Waals surface area (Å²) in [6.07, 6.45) is -1.92. The first-order chi connectivity index (χ1) is 47.7. The van der Waals surface area contributed by atoms with Crippen LogP contribution in [0.4, 0.5) is 0 Å². The Hall–Kier alpha value is -7.71. The molecular formula is C65H90LuN14O19S2. The third-order valence-corrected chi connectivity index (χ3v) is 19.0. The molecule has 0 spiro atoms. The van der Waals surface area contributed by atoms with Gasteiger partial charge in [-0.1, -0.05) is 82.3 Å². The Kier molecular flexibility index (Phi) is 35.5. The summed E-state index contributed by atoms with van der Waals surface area (Å²) in [6.45, 7) is 1.38. The zero-order valence-corrected chi connectivity index (χ0v) is 59.0. The number of carboxylic acid groups (broad SMARTS) is 4. The number of phenolic OH excluding ortho intramolecular Hbond substituents is 1. The molecule has 2 aliphatic rings. The molecule has 2 saturated heterocycles. The number of aromatic amines is 1. The van der Waals surface area contributed by atoms with Crippen LogP contribution < -0.4 is 48.3 Å². The van der Waals surface area contributed by atoms with Gasteiger partial charge in [-0.05, 0) is 74.5 Å². The molecule has 33 nitrogen and oxygen atoms in total. The SMILES string of the molecule is CC(O)C(NC(=O)C1CSSCC(NC(=O)C(Cc2ccccc2)NC(=O)CN2CCN(CC(=O)O)CCN(CC(=O)O)CCN(CC(=O)O)CC2)C(=O)NC(Cc2ccc(O)cc2)C(=O)NC(Cc2c[nH]c3ccccc23)C(=O)NC(CCCCN)C(=O)NC(C(C)O)C(=O)N1)C(=O)O.[177Lu]. The first-order valence-corrected chi connectivity index (χ1v) is 35.0. The van der Waals surface area contributed by atoms with Crippen molar-refractivity contribution in [3.8, 4) is 5.75 Å². The number of aliphatic hydroxyl groups excluding tert-OH is 2. The van der Waals surface area contributed by atoms with E-state index in [4.69, 9.17) is 5.73 Å². The van der Waals surface area contributed by atoms with Crippen molar-refractivity contribution in [3.05, 3.63) is 102 Å². The molecule has 0 saturated carbocycles. The molecule has 36 heteroatoms. The summed E-state index contributed by atoms with van der Waals surface area (Å²) < 4.78 is 0. The molecule has 8 amide bonds. The van der Waals surface area contributed by atoms with Crippen molar-refractivity contribution in [2.45, 2.75) is 113 Å². The zero-order valence-electron chi connectivity index (χ0n) is 55.7. The molecular weight excluding hydrogens is 1520 g/mol. The summed E-state index contributed by atoms with van der Waals surface area (Å²) in [4.78, 5) is 176. The fourth-order valence-electron chi connectivity index (χ4n) is 11.1. The van der Waals surface area contributed by atoms with Crippen LogP contribution in [0.15, 0.2) is 85.1 Å². The number of carbonyl (C=O) groups is 12. The van der Waals surface area contributed by atoms with Crippen LogP contribution in [0.5, 0.6) is 5.75 Å². The fraction of sp³-hybridized carbons (Fsp3) is 0.508. The number of hydrogen-bond donors (Lipinski definition) is 17. The summed E-state index contributed by atoms with van der Waals surface area (Å²) in [5.41, 5.74) is 7.96. The van der Waals surface area contributed by atoms with E-state index in [9.17, 15) is 78.9 Å². The third-order valence-electron chi connectivity index (χ3n) is 16.6. The average Bonchev–Trinajstić information content (AvgIpc) is 1.75. The van der Waals surface area contributed by atoms with Gasteiger partial charge in [0.2, 0.25) is 47.3 Å². The minimum absolute atomic E-state index is 0. The molecule has 0 bridgehead atoms. The molecule has 4 aromatic rings. The van der Waals surface area contributed by atoms with Crippen molar-refractivity contribution in [1.29, 1.82) is 0 Å². The van der Waals surface area contributed by atoms with E-state index < -0.39 is 163 Å². The number of H-pyrrole nitrogens is 1. The number of benzene rings is 3. The number of phenols is 1. The van der Waals surface area contributed by atoms with E-state index in [0.29, 0.717) is 34.0 Å². The van der Waals surface area contributed by atoms with Crippen molar-refractivity contribution in [1.82, 2.24) is 67.1 Å². The average molecular weight is 1610 g/mol. The van der Waals surface area contributed by atoms with Gasteiger partial charge in [-0.3, -0.25) is 72.3 Å². The van der Waals surface area contributed by atoms with Gasteiger partial charge in [-0.25, -0.2) is 4.79 Å². The number of aliphatic hydroxyl groups is 2. The minimum Gasteiger partial charge on any atom is -0.508 e. The molecule has 10 unspecified atom stereocenters. The number of nitrogens with zero attached hydrogens (tertiary/aromatic N) is 4. The molecule has 101 heavy (non-hydrogen) atoms. The minimum atomic E-state index is -1.91. The summed E-state index contributed by atoms with van der Waals surface area (Å²) >= 11 is 0. The normalized spacial score (nSPS) is 21.7. The number of nitrogens with one attached hydrogen (secondary N) is 9. The second kappa shape index (κ2) is 42.7. The second-order valence-electron chi connectivity index (χ2n) is 24.5. The first-order valence-electron chi connectivity index (χ1n) is 32.5. The molecule has 1 radical (unpaired) electrons. The second-order valence-corrected chi connectivity index (χ2v) is 27.0. The van der Waals surface area contributed by atoms with Crippen molar-refractivity contribution in [2.75, 3.05) is 96.6 Å². The quantitative estimate of drug-likeness (QED) is 0.0215. The van der Waals surface area contributed by atoms with E-state index in [2.05, 4.69) is 47.5 Å². The Morgan fingerprint density at radius 2 is 1.10 bits per heavy atom. The van der Waals surface area contributed by atoms with Crippen molar-refractivity contribution < 1.29 is 130 Å². The maximum atomic E-state index is 15.3. The Bertz CT molecular complexity index is 3420. The predicted molar refractivity (Wildman–Crippen MR) is 367 cm³/mol. The third kappa shape index (κ3) is 28.6. The van der Waals surface area contributed by atoms with Gasteiger partial charge in [0.1, 0.15) is 48.0 Å². The molecule has 10 atom stereocenters. The smallest absolute Gasteiger partial charge is 0.328 e. The molecule has 18 N–H and O–H groups in total. The number of para-hydroxylation sites is 1. The number of hydrogen-bond acceptors (Lipinski definition) is 22. The van der Waals surface area contributed by atoms with Gasteiger partial charge < -0.3 is 89.0 Å². The van der Waals surface area contributed by atoms with Gasteiger partial charge >= 0.3 is 23.9 Å². The van der Waals surface area contributed by atoms with E-state index in [-0.39, 0.29) is 140 Å². The van der Waals surface area contributed by atoms with Gasteiger partial charge in [0.05, 0.1) is 38.4 Å². The standard InChI is InChI=1S/C65H90N14O19S2.Lu/c1-38(80)56-64(96)73-51(63(95)75-57(39(2)81)65(97)98)37-100-99-36-50(72-59(91)47(28-40-10-4-3-5-11-40)68-52(83)32-76-20-22-77(33-53(84)85)24-26-79(35-55(88)89)27-25-78(23-21-76)34-54(86)87)62(94)70-48(29-41-15-17-43(82)18-16-41)60(92)71-49(30-42-31-67-45-13-7-6-12-44(42)45)61(93)69-46(58(90)74-56)14-8-9-19-66;/h3-7,10-13,15-18,31,38-39,46-51,56-57,67,80-82H,8-9,14,19-30,32-37,66H2,1-2H3,(H,68,83)(H,69,93)(H,70,94)(H,71,92)(H,72,91)(H,73,96)(H,74,90)(H,75,95)(H,84,85)(H,86,87)(H,88,89)(H,97,98);/i;1+2. The Morgan fingerprint density at radius 1 is 0.584 bits per heavy atom. The molecule has 2 aliphatic heterocycles. The summed E-state index contributed by atoms with van der Waals surface area (Å²) in [5, 5.41) is 92.4. The van der Waals surface area contributed by atoms with Crippen molar-refractivity contribution in [3.63, 3.8) is 0 Å². The van der Waals surface area contributed by atoms with E-state index in [1.807, 2.05) is 0 Å². The number of aromatic hydroxyl groups is 1. The number of aromatic nitrogens is 1. The number of carbonyl (C=O) groups excluding carboxylic acids is 8. The Morgan fingerprint density at radius 3 is 1.64 bits per heavy atom. The van der Waals surface area contributed by atoms with E-state index in [1.54, 1.807) is 80.4 Å². The number of unbranched alkanes of at least 4 members (excludes halogenated alkanes) is 1. The number of carboxylic acids is 4. The van der Waals surface area contributed by atoms with Gasteiger partial charge in [-0.2, -0.15) is 0 Å². The monoisotopic (exact) mass is 1610 g/mol. The van der Waals surface area contributed by atoms with Gasteiger partial charge in [-0.15, -0.1) is 0 Å². The largest absolute Gasteiger partial charge is 0.508 e. The van der Waals surface area contributed by atoms with E-state index in [0.717, 1.165) is 35.4 Å². The van der Waals surface area contributed by atoms with Crippen LogP contribution in [0, 0.1) is 36.9 Å². The van der Waals surface area contributed by atoms with Gasteiger partial charge in [0, 0.05) is 137 Å². The molecule has 2 fully saturated rings. The Balaban J connectivity index is 0.0000184. The summed E-state index contributed by atoms with van der Waals surface area (Å²) in [5.74, 6) is -14.0. The van der Waals surface area contributed by atoms with Crippen LogP contribution in [0.25, 0.3) is 10.9 Å². The topological polar surface area (TPSA) is 497 Å². The number of amides is 8. The number of aliphatic carboxylic acids is 4. The van der Waals surface area contributed by atoms with Crippen molar-refractivity contribution >= 4 is 104 Å². The molecule has 561 valence electrons. The van der Waals surface area contributed by atoms with Crippen LogP contribution in [0.3, 0.4) is 0 Å². The Labute approximate surface area is 619 Å². The van der Waals surface area contributed by atoms with Gasteiger partial charge in [0.25, 0.3) is 0 Å². The van der Waals surface area contributed by atoms with E-state index >= 15 is 14.4 Å². The molecule has 6 rings (SSSR count). The van der Waals surface area contributed by atoms with Crippen LogP contribution in [0.1, 0.15) is 49.8 Å². The number of nitrogens with two attached hydrogens (primary N) is 1. The first kappa shape index (κ1) is 84.0. The summed E-state index contributed by atoms with van der Waals surface area (Å²) in [7, 11) is 1.66. The summed E-state index contributed by atoms with van der Waals surface area (Å²) in [6, 6.07) is 7.92. The number of fused-ring (bicyclic) bond motifs is 1. The maximum absolute atomic E-state index is 15.3. The van der Waals surface area contributed by atoms with Crippen LogP contribution >= 0.6 is 21.6 Å².